The molecule has 3 rings (SSSR count). The van der Waals surface area contributed by atoms with E-state index in [1.165, 1.54) is 0 Å². The number of ether oxygens (including phenoxy) is 2. The Hall–Kier alpha value is -2.61. The highest BCUT2D eigenvalue weighted by Crippen LogP contribution is 2.35. The van der Waals surface area contributed by atoms with Crippen LogP contribution in [0.3, 0.4) is 0 Å². The zero-order valence-corrected chi connectivity index (χ0v) is 15.7. The van der Waals surface area contributed by atoms with Gasteiger partial charge in [-0.2, -0.15) is 5.10 Å². The molecule has 1 aromatic heterocycles. The lowest BCUT2D eigenvalue weighted by Crippen LogP contribution is -2.37. The van der Waals surface area contributed by atoms with Crippen molar-refractivity contribution in [3.63, 3.8) is 0 Å². The van der Waals surface area contributed by atoms with E-state index in [9.17, 15) is 4.79 Å². The van der Waals surface area contributed by atoms with E-state index in [0.29, 0.717) is 18.0 Å². The smallest absolute Gasteiger partial charge is 0.241 e. The van der Waals surface area contributed by atoms with Crippen molar-refractivity contribution in [2.45, 2.75) is 32.9 Å². The first-order valence-corrected chi connectivity index (χ1v) is 8.67. The lowest BCUT2D eigenvalue weighted by atomic mass is 10.0. The first-order chi connectivity index (χ1) is 12.5. The highest BCUT2D eigenvalue weighted by molar-refractivity contribution is 5.83. The molecule has 2 aromatic rings. The maximum Gasteiger partial charge on any atom is 0.241 e. The maximum absolute atomic E-state index is 12.7. The highest BCUT2D eigenvalue weighted by Gasteiger charge is 2.25. The van der Waals surface area contributed by atoms with Gasteiger partial charge in [0.15, 0.2) is 11.5 Å². The van der Waals surface area contributed by atoms with Crippen molar-refractivity contribution < 1.29 is 14.3 Å². The molecule has 1 aliphatic rings. The van der Waals surface area contributed by atoms with E-state index >= 15 is 0 Å². The number of nitrogens with zero attached hydrogens (tertiary/aromatic N) is 4. The fourth-order valence-corrected chi connectivity index (χ4v) is 3.08. The molecule has 2 heterocycles. The fourth-order valence-electron chi connectivity index (χ4n) is 3.08. The maximum atomic E-state index is 12.7. The summed E-state index contributed by atoms with van der Waals surface area (Å²) in [6.07, 6.45) is 0.788. The van der Waals surface area contributed by atoms with Crippen LogP contribution in [0.4, 0.5) is 0 Å². The van der Waals surface area contributed by atoms with Crippen LogP contribution in [-0.4, -0.2) is 53.0 Å². The summed E-state index contributed by atoms with van der Waals surface area (Å²) in [6.45, 7) is 5.33. The summed E-state index contributed by atoms with van der Waals surface area (Å²) in [4.78, 5) is 18.9. The van der Waals surface area contributed by atoms with Crippen molar-refractivity contribution in [3.05, 3.63) is 35.4 Å². The molecule has 26 heavy (non-hydrogen) atoms. The number of amides is 1. The van der Waals surface area contributed by atoms with Crippen LogP contribution in [0.1, 0.15) is 29.7 Å². The molecular formula is C18H25N5O3. The molecule has 0 radical (unpaired) electrons. The van der Waals surface area contributed by atoms with Crippen LogP contribution < -0.4 is 14.8 Å². The topological polar surface area (TPSA) is 81.5 Å². The van der Waals surface area contributed by atoms with Gasteiger partial charge in [0.25, 0.3) is 0 Å². The van der Waals surface area contributed by atoms with E-state index in [1.807, 2.05) is 55.7 Å². The van der Waals surface area contributed by atoms with E-state index in [0.717, 1.165) is 30.2 Å². The number of fused-ring (bicyclic) bond motifs is 1. The fraction of sp³-hybridized carbons (Fsp3) is 0.500. The second-order valence-electron chi connectivity index (χ2n) is 6.55. The summed E-state index contributed by atoms with van der Waals surface area (Å²) in [7, 11) is 3.77. The van der Waals surface area contributed by atoms with Crippen LogP contribution in [0.25, 0.3) is 0 Å². The van der Waals surface area contributed by atoms with Crippen molar-refractivity contribution >= 4 is 5.91 Å². The van der Waals surface area contributed by atoms with Crippen molar-refractivity contribution in [2.24, 2.45) is 0 Å². The molecule has 0 saturated carbocycles. The van der Waals surface area contributed by atoms with Crippen molar-refractivity contribution in [3.8, 4) is 11.5 Å². The molecule has 1 N–H and O–H groups in total. The summed E-state index contributed by atoms with van der Waals surface area (Å²) in [5, 5.41) is 7.34. The van der Waals surface area contributed by atoms with E-state index in [2.05, 4.69) is 15.4 Å². The third-order valence-electron chi connectivity index (χ3n) is 4.29. The SMILES string of the molecule is Cc1nc(C)n(CCCNC(=O)[C@@H](c2ccc3c(c2)OCO3)N(C)C)n1. The lowest BCUT2D eigenvalue weighted by Gasteiger charge is -2.24. The average molecular weight is 359 g/mol. The van der Waals surface area contributed by atoms with Crippen LogP contribution in [0, 0.1) is 13.8 Å². The number of aryl methyl sites for hydroxylation is 3. The quantitative estimate of drug-likeness (QED) is 0.753. The molecule has 8 nitrogen and oxygen atoms in total. The van der Waals surface area contributed by atoms with Gasteiger partial charge in [0.05, 0.1) is 0 Å². The third kappa shape index (κ3) is 3.96. The molecule has 0 fully saturated rings. The predicted octanol–water partition coefficient (Wildman–Crippen LogP) is 1.43. The van der Waals surface area contributed by atoms with E-state index in [1.54, 1.807) is 0 Å². The molecular weight excluding hydrogens is 334 g/mol. The van der Waals surface area contributed by atoms with Crippen LogP contribution in [0.2, 0.25) is 0 Å². The molecule has 0 spiro atoms. The second kappa shape index (κ2) is 7.74. The molecule has 1 aromatic carbocycles. The number of benzene rings is 1. The minimum Gasteiger partial charge on any atom is -0.454 e. The summed E-state index contributed by atoms with van der Waals surface area (Å²) in [5.74, 6) is 3.01. The van der Waals surface area contributed by atoms with Gasteiger partial charge in [-0.1, -0.05) is 6.07 Å². The Balaban J connectivity index is 1.58. The minimum atomic E-state index is -0.389. The first-order valence-electron chi connectivity index (χ1n) is 8.67. The van der Waals surface area contributed by atoms with Gasteiger partial charge < -0.3 is 14.8 Å². The number of carbonyl (C=O) groups excluding carboxylic acids is 1. The van der Waals surface area contributed by atoms with Gasteiger partial charge in [0, 0.05) is 13.1 Å². The number of aromatic nitrogens is 3. The normalized spacial score (nSPS) is 13.9. The monoisotopic (exact) mass is 359 g/mol. The molecule has 1 aliphatic heterocycles. The van der Waals surface area contributed by atoms with E-state index < -0.39 is 0 Å². The zero-order chi connectivity index (χ0) is 18.7. The van der Waals surface area contributed by atoms with Gasteiger partial charge >= 0.3 is 0 Å². The third-order valence-corrected chi connectivity index (χ3v) is 4.29. The minimum absolute atomic E-state index is 0.0413. The van der Waals surface area contributed by atoms with Gasteiger partial charge in [-0.25, -0.2) is 4.98 Å². The van der Waals surface area contributed by atoms with Crippen LogP contribution in [-0.2, 0) is 11.3 Å². The summed E-state index contributed by atoms with van der Waals surface area (Å²) < 4.78 is 12.6. The number of hydrogen-bond donors (Lipinski definition) is 1. The first kappa shape index (κ1) is 18.2. The van der Waals surface area contributed by atoms with Gasteiger partial charge in [-0.3, -0.25) is 14.4 Å². The standard InChI is InChI=1S/C18H25N5O3/c1-12-20-13(2)23(21-12)9-5-8-19-18(24)17(22(3)4)14-6-7-15-16(10-14)26-11-25-15/h6-7,10,17H,5,8-9,11H2,1-4H3,(H,19,24)/t17-/m1/s1. The van der Waals surface area contributed by atoms with Crippen LogP contribution in [0.15, 0.2) is 18.2 Å². The molecule has 0 saturated heterocycles. The predicted molar refractivity (Wildman–Crippen MR) is 96.1 cm³/mol. The lowest BCUT2D eigenvalue weighted by molar-refractivity contribution is -0.125. The Labute approximate surface area is 153 Å². The van der Waals surface area contributed by atoms with Crippen molar-refractivity contribution in [1.82, 2.24) is 25.0 Å². The van der Waals surface area contributed by atoms with Gasteiger partial charge in [0.2, 0.25) is 12.7 Å². The van der Waals surface area contributed by atoms with Crippen molar-refractivity contribution in [1.29, 1.82) is 0 Å². The van der Waals surface area contributed by atoms with Gasteiger partial charge in [-0.05, 0) is 52.1 Å². The molecule has 0 aliphatic carbocycles. The number of nitrogens with one attached hydrogen (secondary N) is 1. The Morgan fingerprint density at radius 3 is 2.77 bits per heavy atom. The molecule has 0 bridgehead atoms. The highest BCUT2D eigenvalue weighted by atomic mass is 16.7. The summed E-state index contributed by atoms with van der Waals surface area (Å²) in [6, 6.07) is 5.23. The molecule has 0 unspecified atom stereocenters. The Bertz CT molecular complexity index is 787. The number of likely N-dealkylation sites (N-methyl/N-ethyl adjacent to an activating group) is 1. The molecule has 140 valence electrons. The summed E-state index contributed by atoms with van der Waals surface area (Å²) >= 11 is 0. The van der Waals surface area contributed by atoms with Crippen molar-refractivity contribution in [2.75, 3.05) is 27.4 Å². The number of carbonyl (C=O) groups is 1. The summed E-state index contributed by atoms with van der Waals surface area (Å²) in [5.41, 5.74) is 0.875. The number of hydrogen-bond acceptors (Lipinski definition) is 6. The molecule has 8 heteroatoms. The zero-order valence-electron chi connectivity index (χ0n) is 15.7. The van der Waals surface area contributed by atoms with Crippen LogP contribution in [0.5, 0.6) is 11.5 Å². The van der Waals surface area contributed by atoms with Gasteiger partial charge in [-0.15, -0.1) is 0 Å². The molecule has 1 amide bonds. The van der Waals surface area contributed by atoms with Gasteiger partial charge in [0.1, 0.15) is 17.7 Å². The van der Waals surface area contributed by atoms with E-state index in [4.69, 9.17) is 9.47 Å². The van der Waals surface area contributed by atoms with E-state index in [-0.39, 0.29) is 18.7 Å². The number of rotatable bonds is 7. The average Bonchev–Trinajstić information content (AvgIpc) is 3.17. The Kier molecular flexibility index (Phi) is 5.41. The van der Waals surface area contributed by atoms with Crippen LogP contribution >= 0.6 is 0 Å². The molecule has 1 atom stereocenters. The second-order valence-corrected chi connectivity index (χ2v) is 6.55. The Morgan fingerprint density at radius 1 is 1.31 bits per heavy atom. The Morgan fingerprint density at radius 2 is 2.08 bits per heavy atom. The largest absolute Gasteiger partial charge is 0.454 e.